The minimum Gasteiger partial charge on any atom is -0.328 e. The number of benzene rings is 1. The van der Waals surface area contributed by atoms with Crippen LogP contribution in [0.15, 0.2) is 30.3 Å². The van der Waals surface area contributed by atoms with Crippen molar-refractivity contribution in [1.29, 1.82) is 0 Å². The Kier molecular flexibility index (Phi) is 5.15. The number of ketones is 1. The lowest BCUT2D eigenvalue weighted by atomic mass is 9.74. The summed E-state index contributed by atoms with van der Waals surface area (Å²) in [6.07, 6.45) is 6.47. The second-order valence-corrected chi connectivity index (χ2v) is 5.93. The van der Waals surface area contributed by atoms with E-state index in [1.165, 1.54) is 18.4 Å². The molecule has 0 radical (unpaired) electrons. The Bertz CT molecular complexity index is 401. The first-order valence-electron chi connectivity index (χ1n) is 7.46. The number of Topliss-reactive ketones (excluding diaryl/α,β-unsaturated/α-hetero) is 1. The Morgan fingerprint density at radius 2 is 2.05 bits per heavy atom. The summed E-state index contributed by atoms with van der Waals surface area (Å²) in [6, 6.07) is 10.8. The predicted molar refractivity (Wildman–Crippen MR) is 78.9 cm³/mol. The molecule has 1 aromatic rings. The van der Waals surface area contributed by atoms with Crippen LogP contribution < -0.4 is 5.73 Å². The van der Waals surface area contributed by atoms with Crippen molar-refractivity contribution in [3.05, 3.63) is 35.9 Å². The van der Waals surface area contributed by atoms with Gasteiger partial charge < -0.3 is 5.73 Å². The van der Waals surface area contributed by atoms with Gasteiger partial charge >= 0.3 is 0 Å². The SMILES string of the molecule is CC(=O)C(CCc1ccccc1)C1CCCC(N)C1. The summed E-state index contributed by atoms with van der Waals surface area (Å²) in [7, 11) is 0. The summed E-state index contributed by atoms with van der Waals surface area (Å²) in [4.78, 5) is 11.9. The number of rotatable bonds is 5. The van der Waals surface area contributed by atoms with Crippen LogP contribution in [0.5, 0.6) is 0 Å². The molecule has 0 saturated heterocycles. The molecule has 1 aromatic carbocycles. The number of hydrogen-bond acceptors (Lipinski definition) is 2. The van der Waals surface area contributed by atoms with Crippen molar-refractivity contribution < 1.29 is 4.79 Å². The molecule has 0 bridgehead atoms. The molecule has 1 fully saturated rings. The van der Waals surface area contributed by atoms with Crippen LogP contribution in [0, 0.1) is 11.8 Å². The van der Waals surface area contributed by atoms with Gasteiger partial charge in [0.05, 0.1) is 0 Å². The minimum absolute atomic E-state index is 0.201. The third-order valence-electron chi connectivity index (χ3n) is 4.43. The Hall–Kier alpha value is -1.15. The molecular formula is C17H25NO. The molecule has 2 N–H and O–H groups in total. The highest BCUT2D eigenvalue weighted by Crippen LogP contribution is 2.32. The zero-order valence-corrected chi connectivity index (χ0v) is 11.8. The largest absolute Gasteiger partial charge is 0.328 e. The molecule has 0 aromatic heterocycles. The van der Waals surface area contributed by atoms with Crippen molar-refractivity contribution in [2.75, 3.05) is 0 Å². The first kappa shape index (κ1) is 14.3. The topological polar surface area (TPSA) is 43.1 Å². The maximum atomic E-state index is 11.9. The van der Waals surface area contributed by atoms with Gasteiger partial charge in [-0.3, -0.25) is 4.79 Å². The Morgan fingerprint density at radius 1 is 1.32 bits per heavy atom. The van der Waals surface area contributed by atoms with E-state index in [0.717, 1.165) is 25.7 Å². The van der Waals surface area contributed by atoms with E-state index >= 15 is 0 Å². The second-order valence-electron chi connectivity index (χ2n) is 5.93. The first-order chi connectivity index (χ1) is 9.16. The normalized spacial score (nSPS) is 24.9. The van der Waals surface area contributed by atoms with E-state index in [2.05, 4.69) is 24.3 Å². The van der Waals surface area contributed by atoms with Crippen LogP contribution in [-0.2, 0) is 11.2 Å². The van der Waals surface area contributed by atoms with Crippen LogP contribution in [-0.4, -0.2) is 11.8 Å². The van der Waals surface area contributed by atoms with Crippen molar-refractivity contribution in [3.8, 4) is 0 Å². The van der Waals surface area contributed by atoms with E-state index in [1.807, 2.05) is 6.07 Å². The lowest BCUT2D eigenvalue weighted by molar-refractivity contribution is -0.123. The Balaban J connectivity index is 1.94. The Labute approximate surface area is 116 Å². The van der Waals surface area contributed by atoms with E-state index in [1.54, 1.807) is 6.92 Å². The molecule has 0 spiro atoms. The van der Waals surface area contributed by atoms with Crippen LogP contribution in [0.1, 0.15) is 44.6 Å². The molecule has 1 saturated carbocycles. The standard InChI is InChI=1S/C17H25NO/c1-13(19)17(15-8-5-9-16(18)12-15)11-10-14-6-3-2-4-7-14/h2-4,6-7,15-17H,5,8-12,18H2,1H3. The van der Waals surface area contributed by atoms with Crippen LogP contribution in [0.2, 0.25) is 0 Å². The van der Waals surface area contributed by atoms with E-state index in [9.17, 15) is 4.79 Å². The van der Waals surface area contributed by atoms with Gasteiger partial charge in [-0.05, 0) is 50.5 Å². The minimum atomic E-state index is 0.201. The number of aryl methyl sites for hydroxylation is 1. The lowest BCUT2D eigenvalue weighted by Gasteiger charge is -2.32. The van der Waals surface area contributed by atoms with Gasteiger partial charge in [-0.2, -0.15) is 0 Å². The van der Waals surface area contributed by atoms with Crippen molar-refractivity contribution in [2.45, 2.75) is 51.5 Å². The van der Waals surface area contributed by atoms with Gasteiger partial charge in [0, 0.05) is 12.0 Å². The molecule has 2 nitrogen and oxygen atoms in total. The molecule has 3 unspecified atom stereocenters. The molecular weight excluding hydrogens is 234 g/mol. The van der Waals surface area contributed by atoms with Gasteiger partial charge in [-0.15, -0.1) is 0 Å². The molecule has 0 heterocycles. The van der Waals surface area contributed by atoms with Crippen LogP contribution in [0.4, 0.5) is 0 Å². The zero-order chi connectivity index (χ0) is 13.7. The maximum absolute atomic E-state index is 11.9. The monoisotopic (exact) mass is 259 g/mol. The molecule has 1 aliphatic carbocycles. The second kappa shape index (κ2) is 6.85. The van der Waals surface area contributed by atoms with Crippen molar-refractivity contribution in [1.82, 2.24) is 0 Å². The molecule has 2 rings (SSSR count). The summed E-state index contributed by atoms with van der Waals surface area (Å²) in [5.41, 5.74) is 7.39. The van der Waals surface area contributed by atoms with Gasteiger partial charge in [0.25, 0.3) is 0 Å². The van der Waals surface area contributed by atoms with E-state index < -0.39 is 0 Å². The van der Waals surface area contributed by atoms with E-state index in [-0.39, 0.29) is 5.92 Å². The van der Waals surface area contributed by atoms with E-state index in [4.69, 9.17) is 5.73 Å². The van der Waals surface area contributed by atoms with Crippen molar-refractivity contribution >= 4 is 5.78 Å². The molecule has 1 aliphatic rings. The highest BCUT2D eigenvalue weighted by molar-refractivity contribution is 5.78. The third kappa shape index (κ3) is 4.17. The highest BCUT2D eigenvalue weighted by atomic mass is 16.1. The van der Waals surface area contributed by atoms with Gasteiger partial charge in [0.2, 0.25) is 0 Å². The average molecular weight is 259 g/mol. The number of nitrogens with two attached hydrogens (primary N) is 1. The fraction of sp³-hybridized carbons (Fsp3) is 0.588. The molecule has 19 heavy (non-hydrogen) atoms. The summed E-state index contributed by atoms with van der Waals surface area (Å²) in [6.45, 7) is 1.75. The predicted octanol–water partition coefficient (Wildman–Crippen LogP) is 3.34. The van der Waals surface area contributed by atoms with E-state index in [0.29, 0.717) is 17.7 Å². The number of carbonyl (C=O) groups excluding carboxylic acids is 1. The van der Waals surface area contributed by atoms with Crippen LogP contribution in [0.25, 0.3) is 0 Å². The van der Waals surface area contributed by atoms with Gasteiger partial charge in [0.15, 0.2) is 0 Å². The average Bonchev–Trinajstić information content (AvgIpc) is 2.40. The maximum Gasteiger partial charge on any atom is 0.133 e. The van der Waals surface area contributed by atoms with Gasteiger partial charge in [0.1, 0.15) is 5.78 Å². The molecule has 0 aliphatic heterocycles. The number of carbonyl (C=O) groups is 1. The van der Waals surface area contributed by atoms with Gasteiger partial charge in [-0.1, -0.05) is 36.8 Å². The fourth-order valence-corrected chi connectivity index (χ4v) is 3.37. The zero-order valence-electron chi connectivity index (χ0n) is 11.8. The van der Waals surface area contributed by atoms with Crippen LogP contribution in [0.3, 0.4) is 0 Å². The summed E-state index contributed by atoms with van der Waals surface area (Å²) in [5, 5.41) is 0. The molecule has 0 amide bonds. The quantitative estimate of drug-likeness (QED) is 0.881. The fourth-order valence-electron chi connectivity index (χ4n) is 3.37. The molecule has 2 heteroatoms. The molecule has 104 valence electrons. The summed E-state index contributed by atoms with van der Waals surface area (Å²) < 4.78 is 0. The highest BCUT2D eigenvalue weighted by Gasteiger charge is 2.29. The van der Waals surface area contributed by atoms with Gasteiger partial charge in [-0.25, -0.2) is 0 Å². The summed E-state index contributed by atoms with van der Waals surface area (Å²) in [5.74, 6) is 1.05. The van der Waals surface area contributed by atoms with Crippen molar-refractivity contribution in [3.63, 3.8) is 0 Å². The molecule has 3 atom stereocenters. The summed E-state index contributed by atoms with van der Waals surface area (Å²) >= 11 is 0. The smallest absolute Gasteiger partial charge is 0.133 e. The third-order valence-corrected chi connectivity index (χ3v) is 4.43. The van der Waals surface area contributed by atoms with Crippen molar-refractivity contribution in [2.24, 2.45) is 17.6 Å². The Morgan fingerprint density at radius 3 is 2.68 bits per heavy atom. The van der Waals surface area contributed by atoms with Crippen LogP contribution >= 0.6 is 0 Å². The lowest BCUT2D eigenvalue weighted by Crippen LogP contribution is -2.34. The first-order valence-corrected chi connectivity index (χ1v) is 7.46. The number of hydrogen-bond donors (Lipinski definition) is 1.